The third kappa shape index (κ3) is 3.97. The number of benzene rings is 1. The Morgan fingerprint density at radius 2 is 2.04 bits per heavy atom. The average molecular weight is 402 g/mol. The van der Waals surface area contributed by atoms with E-state index in [0.29, 0.717) is 22.9 Å². The molecule has 3 rings (SSSR count). The molecule has 0 bridgehead atoms. The van der Waals surface area contributed by atoms with Gasteiger partial charge in [-0.05, 0) is 43.4 Å². The second kappa shape index (κ2) is 7.19. The Hall–Kier alpha value is -1.22. The summed E-state index contributed by atoms with van der Waals surface area (Å²) in [5.41, 5.74) is 0.943. The highest BCUT2D eigenvalue weighted by atomic mass is 35.5. The number of aromatic nitrogens is 3. The summed E-state index contributed by atoms with van der Waals surface area (Å²) in [5, 5.41) is 5.34. The van der Waals surface area contributed by atoms with Gasteiger partial charge in [-0.2, -0.15) is 4.68 Å². The monoisotopic (exact) mass is 401 g/mol. The van der Waals surface area contributed by atoms with Gasteiger partial charge in [-0.15, -0.1) is 5.10 Å². The van der Waals surface area contributed by atoms with E-state index < -0.39 is 9.84 Å². The Morgan fingerprint density at radius 1 is 1.36 bits per heavy atom. The van der Waals surface area contributed by atoms with Gasteiger partial charge in [0.25, 0.3) is 0 Å². The summed E-state index contributed by atoms with van der Waals surface area (Å²) in [6, 6.07) is 7.59. The van der Waals surface area contributed by atoms with E-state index in [-0.39, 0.29) is 17.5 Å². The molecule has 2 aromatic rings. The van der Waals surface area contributed by atoms with E-state index in [0.717, 1.165) is 17.9 Å². The number of hydrogen-bond acceptors (Lipinski definition) is 4. The summed E-state index contributed by atoms with van der Waals surface area (Å²) in [5.74, 6) is 1.31. The molecule has 1 aliphatic heterocycles. The fourth-order valence-electron chi connectivity index (χ4n) is 3.28. The van der Waals surface area contributed by atoms with E-state index in [4.69, 9.17) is 23.8 Å². The van der Waals surface area contributed by atoms with Gasteiger partial charge in [0.05, 0.1) is 12.3 Å². The second-order valence-corrected chi connectivity index (χ2v) is 9.47. The molecule has 2 atom stereocenters. The minimum atomic E-state index is -2.90. The van der Waals surface area contributed by atoms with Gasteiger partial charge < -0.3 is 9.47 Å². The van der Waals surface area contributed by atoms with Crippen LogP contribution in [0.25, 0.3) is 11.4 Å². The molecule has 136 valence electrons. The maximum Gasteiger partial charge on any atom is 0.202 e. The Morgan fingerprint density at radius 3 is 2.60 bits per heavy atom. The number of halogens is 1. The summed E-state index contributed by atoms with van der Waals surface area (Å²) in [6.07, 6.45) is 0.704. The average Bonchev–Trinajstić information content (AvgIpc) is 3.07. The van der Waals surface area contributed by atoms with Crippen LogP contribution in [0, 0.1) is 4.77 Å². The van der Waals surface area contributed by atoms with Gasteiger partial charge in [-0.3, -0.25) is 0 Å². The van der Waals surface area contributed by atoms with Gasteiger partial charge in [0, 0.05) is 24.1 Å². The topological polar surface area (TPSA) is 61.3 Å². The summed E-state index contributed by atoms with van der Waals surface area (Å²) < 4.78 is 27.8. The predicted octanol–water partition coefficient (Wildman–Crippen LogP) is 1.32. The normalized spacial score (nSPS) is 20.7. The van der Waals surface area contributed by atoms with E-state index in [1.54, 1.807) is 4.68 Å². The minimum absolute atomic E-state index is 0.109. The Kier molecular flexibility index (Phi) is 5.34. The van der Waals surface area contributed by atoms with Crippen LogP contribution >= 0.6 is 23.8 Å². The highest BCUT2D eigenvalue weighted by Crippen LogP contribution is 2.19. The molecule has 1 aromatic carbocycles. The Bertz CT molecular complexity index is 919. The predicted molar refractivity (Wildman–Crippen MR) is 101 cm³/mol. The highest BCUT2D eigenvalue weighted by Gasteiger charge is 2.35. The number of rotatable bonds is 5. The molecule has 1 saturated heterocycles. The standard InChI is InChI=1S/C16H21ClN4O2S2/c1-3-20(14-8-9-25(22,23)10-14)11-21-16(24)19(2)15(18-21)12-4-6-13(17)7-5-12/h4-7,14H,3,8-11H2,1-2H3/p+1/t14-/m1/s1. The molecule has 6 nitrogen and oxygen atoms in total. The summed E-state index contributed by atoms with van der Waals surface area (Å²) in [7, 11) is -1.01. The molecular weight excluding hydrogens is 380 g/mol. The fourth-order valence-corrected chi connectivity index (χ4v) is 5.42. The van der Waals surface area contributed by atoms with Crippen LogP contribution in [0.15, 0.2) is 24.3 Å². The molecule has 2 heterocycles. The van der Waals surface area contributed by atoms with Crippen LogP contribution in [-0.2, 0) is 23.6 Å². The van der Waals surface area contributed by atoms with Crippen LogP contribution in [0.3, 0.4) is 0 Å². The van der Waals surface area contributed by atoms with Crippen molar-refractivity contribution in [3.63, 3.8) is 0 Å². The molecule has 0 amide bonds. The first-order valence-electron chi connectivity index (χ1n) is 8.25. The molecule has 25 heavy (non-hydrogen) atoms. The number of hydrogen-bond donors (Lipinski definition) is 1. The first-order valence-corrected chi connectivity index (χ1v) is 10.9. The minimum Gasteiger partial charge on any atom is -0.313 e. The van der Waals surface area contributed by atoms with Crippen molar-refractivity contribution in [1.82, 2.24) is 14.3 Å². The van der Waals surface area contributed by atoms with Crippen molar-refractivity contribution in [2.45, 2.75) is 26.1 Å². The van der Waals surface area contributed by atoms with Crippen LogP contribution in [0.5, 0.6) is 0 Å². The molecule has 1 aromatic heterocycles. The first-order chi connectivity index (χ1) is 11.8. The largest absolute Gasteiger partial charge is 0.313 e. The molecule has 1 N–H and O–H groups in total. The smallest absolute Gasteiger partial charge is 0.202 e. The second-order valence-electron chi connectivity index (χ2n) is 6.44. The zero-order chi connectivity index (χ0) is 18.2. The van der Waals surface area contributed by atoms with Crippen LogP contribution in [0.2, 0.25) is 5.02 Å². The van der Waals surface area contributed by atoms with Crippen molar-refractivity contribution >= 4 is 33.7 Å². The van der Waals surface area contributed by atoms with Gasteiger partial charge in [-0.1, -0.05) is 11.6 Å². The molecule has 1 unspecified atom stereocenters. The lowest BCUT2D eigenvalue weighted by atomic mass is 10.2. The first kappa shape index (κ1) is 18.6. The van der Waals surface area contributed by atoms with Gasteiger partial charge in [-0.25, -0.2) is 8.42 Å². The summed E-state index contributed by atoms with van der Waals surface area (Å²) >= 11 is 11.5. The van der Waals surface area contributed by atoms with E-state index in [1.807, 2.05) is 35.9 Å². The number of quaternary nitrogens is 1. The molecule has 9 heteroatoms. The molecule has 0 radical (unpaired) electrons. The molecule has 1 aliphatic rings. The van der Waals surface area contributed by atoms with Crippen molar-refractivity contribution < 1.29 is 13.3 Å². The van der Waals surface area contributed by atoms with E-state index in [1.165, 1.54) is 4.90 Å². The number of nitrogens with zero attached hydrogens (tertiary/aromatic N) is 3. The zero-order valence-electron chi connectivity index (χ0n) is 14.3. The fraction of sp³-hybridized carbons (Fsp3) is 0.500. The lowest BCUT2D eigenvalue weighted by molar-refractivity contribution is -0.943. The molecule has 1 fully saturated rings. The van der Waals surface area contributed by atoms with Gasteiger partial charge in [0.15, 0.2) is 22.3 Å². The molecule has 0 spiro atoms. The third-order valence-electron chi connectivity index (χ3n) is 4.76. The van der Waals surface area contributed by atoms with E-state index >= 15 is 0 Å². The lowest BCUT2D eigenvalue weighted by Crippen LogP contribution is -3.15. The van der Waals surface area contributed by atoms with Gasteiger partial charge >= 0.3 is 0 Å². The quantitative estimate of drug-likeness (QED) is 0.767. The van der Waals surface area contributed by atoms with Gasteiger partial charge in [0.1, 0.15) is 11.8 Å². The summed E-state index contributed by atoms with van der Waals surface area (Å²) in [4.78, 5) is 1.19. The van der Waals surface area contributed by atoms with E-state index in [9.17, 15) is 8.42 Å². The Labute approximate surface area is 157 Å². The van der Waals surface area contributed by atoms with Gasteiger partial charge in [0.2, 0.25) is 4.77 Å². The van der Waals surface area contributed by atoms with Crippen molar-refractivity contribution in [3.8, 4) is 11.4 Å². The third-order valence-corrected chi connectivity index (χ3v) is 7.26. The molecule has 0 aliphatic carbocycles. The maximum atomic E-state index is 11.8. The van der Waals surface area contributed by atoms with Crippen LogP contribution in [0.4, 0.5) is 0 Å². The van der Waals surface area contributed by atoms with Crippen LogP contribution in [-0.4, -0.2) is 46.9 Å². The van der Waals surface area contributed by atoms with Crippen LogP contribution < -0.4 is 4.90 Å². The van der Waals surface area contributed by atoms with E-state index in [2.05, 4.69) is 12.0 Å². The highest BCUT2D eigenvalue weighted by molar-refractivity contribution is 7.91. The van der Waals surface area contributed by atoms with Crippen LogP contribution in [0.1, 0.15) is 13.3 Å². The maximum absolute atomic E-state index is 11.8. The zero-order valence-corrected chi connectivity index (χ0v) is 16.7. The summed E-state index contributed by atoms with van der Waals surface area (Å²) in [6.45, 7) is 3.46. The molecule has 0 saturated carbocycles. The van der Waals surface area contributed by atoms with Crippen molar-refractivity contribution in [3.05, 3.63) is 34.1 Å². The van der Waals surface area contributed by atoms with Crippen molar-refractivity contribution in [2.75, 3.05) is 18.1 Å². The van der Waals surface area contributed by atoms with Crippen molar-refractivity contribution in [2.24, 2.45) is 7.05 Å². The SMILES string of the molecule is CC[NH+](Cn1nc(-c2ccc(Cl)cc2)n(C)c1=S)[C@@H]1CCS(=O)(=O)C1. The lowest BCUT2D eigenvalue weighted by Gasteiger charge is -2.22. The number of sulfone groups is 1. The molecular formula is C16H22ClN4O2S2+. The van der Waals surface area contributed by atoms with Crippen molar-refractivity contribution in [1.29, 1.82) is 0 Å². The Balaban J connectivity index is 1.86. The number of nitrogens with one attached hydrogen (secondary N) is 1.